The molecule has 1 aromatic carbocycles. The second-order valence-electron chi connectivity index (χ2n) is 6.15. The van der Waals surface area contributed by atoms with Crippen LogP contribution in [0.15, 0.2) is 58.1 Å². The Bertz CT molecular complexity index is 1070. The van der Waals surface area contributed by atoms with Gasteiger partial charge in [0.1, 0.15) is 21.9 Å². The summed E-state index contributed by atoms with van der Waals surface area (Å²) >= 11 is 6.31. The number of aromatic carboxylic acids is 1. The molecular weight excluding hydrogens is 428 g/mol. The van der Waals surface area contributed by atoms with Crippen LogP contribution < -0.4 is 5.32 Å². The Balaban J connectivity index is 1.74. The van der Waals surface area contributed by atoms with E-state index < -0.39 is 23.8 Å². The number of thioether (sulfide) groups is 1. The van der Waals surface area contributed by atoms with Crippen LogP contribution in [0.2, 0.25) is 0 Å². The highest BCUT2D eigenvalue weighted by Crippen LogP contribution is 2.33. The highest BCUT2D eigenvalue weighted by Gasteiger charge is 2.38. The van der Waals surface area contributed by atoms with E-state index >= 15 is 0 Å². The average molecular weight is 444 g/mol. The maximum atomic E-state index is 12.7. The number of nitrogens with one attached hydrogen (secondary N) is 1. The summed E-state index contributed by atoms with van der Waals surface area (Å²) < 4.78 is 5.39. The van der Waals surface area contributed by atoms with E-state index in [1.807, 2.05) is 0 Å². The van der Waals surface area contributed by atoms with Gasteiger partial charge in [-0.3, -0.25) is 14.5 Å². The number of hydrogen-bond acceptors (Lipinski definition) is 7. The second-order valence-corrected chi connectivity index (χ2v) is 7.82. The fraction of sp³-hybridized carbons (Fsp3) is 0.100. The first-order valence-corrected chi connectivity index (χ1v) is 9.85. The number of amides is 2. The van der Waals surface area contributed by atoms with Gasteiger partial charge in [-0.15, -0.1) is 0 Å². The molecule has 1 aliphatic heterocycles. The van der Waals surface area contributed by atoms with Crippen LogP contribution in [-0.4, -0.2) is 43.3 Å². The molecule has 8 nitrogen and oxygen atoms in total. The minimum absolute atomic E-state index is 0.000450. The zero-order valence-corrected chi connectivity index (χ0v) is 17.2. The number of phenolic OH excluding ortho intramolecular Hbond substituents is 1. The lowest BCUT2D eigenvalue weighted by atomic mass is 10.1. The third kappa shape index (κ3) is 4.61. The monoisotopic (exact) mass is 444 g/mol. The minimum atomic E-state index is -1.31. The fourth-order valence-corrected chi connectivity index (χ4v) is 3.99. The fourth-order valence-electron chi connectivity index (χ4n) is 2.62. The summed E-state index contributed by atoms with van der Waals surface area (Å²) in [6.07, 6.45) is 6.44. The minimum Gasteiger partial charge on any atom is -0.508 e. The molecule has 1 aromatic heterocycles. The Kier molecular flexibility index (Phi) is 6.38. The van der Waals surface area contributed by atoms with Gasteiger partial charge in [-0.2, -0.15) is 0 Å². The van der Waals surface area contributed by atoms with Gasteiger partial charge in [-0.25, -0.2) is 4.79 Å². The Labute approximate surface area is 180 Å². The van der Waals surface area contributed by atoms with Crippen molar-refractivity contribution in [2.45, 2.75) is 13.0 Å². The van der Waals surface area contributed by atoms with E-state index in [0.717, 1.165) is 17.8 Å². The molecule has 154 valence electrons. The summed E-state index contributed by atoms with van der Waals surface area (Å²) in [5.41, 5.74) is -0.275. The molecule has 2 amide bonds. The Morgan fingerprint density at radius 1 is 1.33 bits per heavy atom. The summed E-state index contributed by atoms with van der Waals surface area (Å²) in [5.74, 6) is -1.99. The lowest BCUT2D eigenvalue weighted by Crippen LogP contribution is -2.44. The highest BCUT2D eigenvalue weighted by atomic mass is 32.2. The van der Waals surface area contributed by atoms with Crippen molar-refractivity contribution >= 4 is 57.8 Å². The van der Waals surface area contributed by atoms with E-state index in [2.05, 4.69) is 5.32 Å². The molecule has 0 saturated carbocycles. The summed E-state index contributed by atoms with van der Waals surface area (Å²) in [6, 6.07) is 6.07. The van der Waals surface area contributed by atoms with Crippen molar-refractivity contribution < 1.29 is 29.0 Å². The number of carboxylic acid groups (broad SMARTS) is 1. The van der Waals surface area contributed by atoms with Crippen LogP contribution in [0.5, 0.6) is 5.75 Å². The number of nitrogens with zero attached hydrogens (tertiary/aromatic N) is 1. The van der Waals surface area contributed by atoms with Crippen molar-refractivity contribution in [3.63, 3.8) is 0 Å². The van der Waals surface area contributed by atoms with Gasteiger partial charge in [0.15, 0.2) is 0 Å². The number of furan rings is 1. The van der Waals surface area contributed by atoms with Crippen molar-refractivity contribution in [2.24, 2.45) is 0 Å². The van der Waals surface area contributed by atoms with E-state index in [-0.39, 0.29) is 21.3 Å². The topological polar surface area (TPSA) is 120 Å². The number of anilines is 1. The highest BCUT2D eigenvalue weighted by molar-refractivity contribution is 8.26. The molecule has 1 fully saturated rings. The van der Waals surface area contributed by atoms with E-state index in [9.17, 15) is 24.6 Å². The smallest absolute Gasteiger partial charge is 0.337 e. The van der Waals surface area contributed by atoms with Crippen molar-refractivity contribution in [1.82, 2.24) is 4.90 Å². The average Bonchev–Trinajstić information content (AvgIpc) is 3.30. The Morgan fingerprint density at radius 3 is 2.77 bits per heavy atom. The quantitative estimate of drug-likeness (QED) is 0.352. The van der Waals surface area contributed by atoms with Gasteiger partial charge < -0.3 is 19.9 Å². The molecule has 10 heteroatoms. The second kappa shape index (κ2) is 8.97. The third-order valence-corrected chi connectivity index (χ3v) is 5.48. The number of thiocarbonyl (C=S) groups is 1. The maximum Gasteiger partial charge on any atom is 0.337 e. The Hall–Kier alpha value is -3.37. The number of carbonyl (C=O) groups is 3. The SMILES string of the molecule is CC(C(=O)Nc1ccc(O)cc1C(=O)O)N1C(=O)C(=CC=Cc2ccco2)SC1=S. The number of carboxylic acids is 1. The van der Waals surface area contributed by atoms with Gasteiger partial charge >= 0.3 is 5.97 Å². The van der Waals surface area contributed by atoms with Gasteiger partial charge in [-0.05, 0) is 49.4 Å². The number of rotatable bonds is 6. The first-order chi connectivity index (χ1) is 14.3. The van der Waals surface area contributed by atoms with Crippen LogP contribution >= 0.6 is 24.0 Å². The van der Waals surface area contributed by atoms with Crippen molar-refractivity contribution in [3.8, 4) is 5.75 Å². The van der Waals surface area contributed by atoms with E-state index in [4.69, 9.17) is 16.6 Å². The predicted molar refractivity (Wildman–Crippen MR) is 116 cm³/mol. The van der Waals surface area contributed by atoms with Crippen molar-refractivity contribution in [1.29, 1.82) is 0 Å². The summed E-state index contributed by atoms with van der Waals surface area (Å²) in [7, 11) is 0. The van der Waals surface area contributed by atoms with Gasteiger partial charge in [0.25, 0.3) is 5.91 Å². The van der Waals surface area contributed by atoms with Crippen LogP contribution in [0.1, 0.15) is 23.0 Å². The number of aromatic hydroxyl groups is 1. The van der Waals surface area contributed by atoms with Gasteiger partial charge in [-0.1, -0.05) is 30.1 Å². The lowest BCUT2D eigenvalue weighted by molar-refractivity contribution is -0.129. The van der Waals surface area contributed by atoms with Crippen LogP contribution in [0.4, 0.5) is 5.69 Å². The van der Waals surface area contributed by atoms with E-state index in [1.54, 1.807) is 30.4 Å². The normalized spacial score (nSPS) is 16.4. The molecule has 1 unspecified atom stereocenters. The van der Waals surface area contributed by atoms with Gasteiger partial charge in [0.2, 0.25) is 5.91 Å². The number of phenols is 1. The number of hydrogen-bond donors (Lipinski definition) is 3. The molecule has 3 N–H and O–H groups in total. The van der Waals surface area contributed by atoms with Gasteiger partial charge in [0, 0.05) is 0 Å². The first-order valence-electron chi connectivity index (χ1n) is 8.62. The molecule has 0 bridgehead atoms. The zero-order valence-electron chi connectivity index (χ0n) is 15.6. The standard InChI is InChI=1S/C20H16N2O6S2/c1-11(17(24)21-15-8-7-12(23)10-14(15)19(26)27)22-18(25)16(30-20(22)29)6-2-4-13-5-3-9-28-13/h2-11,23H,1H3,(H,21,24)(H,26,27). The third-order valence-electron chi connectivity index (χ3n) is 4.13. The predicted octanol–water partition coefficient (Wildman–Crippen LogP) is 3.47. The van der Waals surface area contributed by atoms with Gasteiger partial charge in [0.05, 0.1) is 22.4 Å². The number of carbonyl (C=O) groups excluding carboxylic acids is 2. The van der Waals surface area contributed by atoms with E-state index in [1.165, 1.54) is 30.2 Å². The molecule has 0 spiro atoms. The summed E-state index contributed by atoms with van der Waals surface area (Å²) in [4.78, 5) is 38.2. The zero-order chi connectivity index (χ0) is 21.8. The van der Waals surface area contributed by atoms with Crippen LogP contribution in [0.25, 0.3) is 6.08 Å². The molecular formula is C20H16N2O6S2. The molecule has 2 heterocycles. The lowest BCUT2D eigenvalue weighted by Gasteiger charge is -2.22. The first kappa shape index (κ1) is 21.3. The molecule has 2 aromatic rings. The largest absolute Gasteiger partial charge is 0.508 e. The van der Waals surface area contributed by atoms with Crippen LogP contribution in [-0.2, 0) is 9.59 Å². The molecule has 1 saturated heterocycles. The molecule has 0 radical (unpaired) electrons. The summed E-state index contributed by atoms with van der Waals surface area (Å²) in [6.45, 7) is 1.49. The molecule has 3 rings (SSSR count). The molecule has 30 heavy (non-hydrogen) atoms. The number of benzene rings is 1. The van der Waals surface area contributed by atoms with Crippen molar-refractivity contribution in [2.75, 3.05) is 5.32 Å². The van der Waals surface area contributed by atoms with E-state index in [0.29, 0.717) is 10.7 Å². The maximum absolute atomic E-state index is 12.7. The summed E-state index contributed by atoms with van der Waals surface area (Å²) in [5, 5.41) is 21.2. The molecule has 1 aliphatic rings. The van der Waals surface area contributed by atoms with Crippen LogP contribution in [0, 0.1) is 0 Å². The molecule has 1 atom stereocenters. The van der Waals surface area contributed by atoms with Crippen molar-refractivity contribution in [3.05, 3.63) is 65.0 Å². The Morgan fingerprint density at radius 2 is 2.10 bits per heavy atom. The van der Waals surface area contributed by atoms with Crippen LogP contribution in [0.3, 0.4) is 0 Å². The number of allylic oxidation sites excluding steroid dienone is 2. The molecule has 0 aliphatic carbocycles.